The van der Waals surface area contributed by atoms with Gasteiger partial charge in [0, 0.05) is 27.7 Å². The summed E-state index contributed by atoms with van der Waals surface area (Å²) in [4.78, 5) is 6.48. The lowest BCUT2D eigenvalue weighted by molar-refractivity contribution is -0.539. The van der Waals surface area contributed by atoms with Crippen molar-refractivity contribution in [2.75, 3.05) is 13.1 Å². The molecule has 0 saturated heterocycles. The molecule has 0 atom stereocenters. The molecule has 0 unspecified atom stereocenters. The van der Waals surface area contributed by atoms with Crippen LogP contribution >= 0.6 is 0 Å². The first-order valence-corrected chi connectivity index (χ1v) is 3.71. The lowest BCUT2D eigenvalue weighted by atomic mass is 10.4. The quantitative estimate of drug-likeness (QED) is 0.341. The van der Waals surface area contributed by atoms with E-state index in [1.54, 1.807) is 0 Å². The third-order valence-electron chi connectivity index (χ3n) is 1.08. The third-order valence-corrected chi connectivity index (χ3v) is 1.08. The maximum absolute atomic E-state index is 3.24. The first kappa shape index (κ1) is 9.34. The summed E-state index contributed by atoms with van der Waals surface area (Å²) in [5.74, 6) is 0. The predicted octanol–water partition coefficient (Wildman–Crippen LogP) is -1.89. The van der Waals surface area contributed by atoms with Gasteiger partial charge in [-0.25, -0.2) is 9.98 Å². The number of rotatable bonds is 3. The Kier molecular flexibility index (Phi) is 4.81. The molecule has 0 fully saturated rings. The van der Waals surface area contributed by atoms with E-state index < -0.39 is 0 Å². The van der Waals surface area contributed by atoms with Crippen LogP contribution in [0.4, 0.5) is 0 Å². The molecular weight excluding hydrogens is 124 g/mol. The highest BCUT2D eigenvalue weighted by atomic mass is 14.8. The van der Waals surface area contributed by atoms with E-state index in [9.17, 15) is 0 Å². The van der Waals surface area contributed by atoms with Gasteiger partial charge in [0.15, 0.2) is 13.1 Å². The van der Waals surface area contributed by atoms with Crippen LogP contribution in [0.2, 0.25) is 0 Å². The van der Waals surface area contributed by atoms with Gasteiger partial charge in [0.05, 0.1) is 0 Å². The first-order valence-electron chi connectivity index (χ1n) is 3.71. The second kappa shape index (κ2) is 5.15. The first-order chi connectivity index (χ1) is 4.63. The van der Waals surface area contributed by atoms with E-state index in [1.807, 2.05) is 0 Å². The van der Waals surface area contributed by atoms with Gasteiger partial charge < -0.3 is 0 Å². The summed E-state index contributed by atoms with van der Waals surface area (Å²) in [5.41, 5.74) is 2.55. The van der Waals surface area contributed by atoms with Gasteiger partial charge in [0.1, 0.15) is 11.4 Å². The molecule has 10 heavy (non-hydrogen) atoms. The zero-order valence-corrected chi connectivity index (χ0v) is 7.41. The summed E-state index contributed by atoms with van der Waals surface area (Å²) < 4.78 is 0. The van der Waals surface area contributed by atoms with Gasteiger partial charge in [-0.15, -0.1) is 0 Å². The molecule has 0 spiro atoms. The Morgan fingerprint density at radius 3 is 1.30 bits per heavy atom. The van der Waals surface area contributed by atoms with Crippen LogP contribution in [-0.2, 0) is 0 Å². The Labute approximate surface area is 63.1 Å². The van der Waals surface area contributed by atoms with E-state index in [1.165, 1.54) is 11.4 Å². The minimum Gasteiger partial charge on any atom is -0.243 e. The highest BCUT2D eigenvalue weighted by Crippen LogP contribution is 1.48. The van der Waals surface area contributed by atoms with E-state index in [4.69, 9.17) is 0 Å². The summed E-state index contributed by atoms with van der Waals surface area (Å²) in [7, 11) is 0. The second-order valence-electron chi connectivity index (χ2n) is 2.85. The molecule has 0 aromatic rings. The van der Waals surface area contributed by atoms with Crippen molar-refractivity contribution in [2.24, 2.45) is 0 Å². The van der Waals surface area contributed by atoms with Crippen LogP contribution in [0.3, 0.4) is 0 Å². The fourth-order valence-electron chi connectivity index (χ4n) is 0.625. The van der Waals surface area contributed by atoms with Crippen molar-refractivity contribution in [2.45, 2.75) is 27.7 Å². The average Bonchev–Trinajstić information content (AvgIpc) is 1.79. The van der Waals surface area contributed by atoms with Crippen molar-refractivity contribution in [3.05, 3.63) is 0 Å². The number of nitrogens with one attached hydrogen (secondary N) is 2. The van der Waals surface area contributed by atoms with Crippen LogP contribution in [0.25, 0.3) is 0 Å². The van der Waals surface area contributed by atoms with E-state index >= 15 is 0 Å². The largest absolute Gasteiger partial charge is 0.243 e. The molecule has 0 aromatic carbocycles. The maximum Gasteiger partial charge on any atom is 0.198 e. The van der Waals surface area contributed by atoms with Crippen molar-refractivity contribution in [1.82, 2.24) is 0 Å². The van der Waals surface area contributed by atoms with E-state index in [2.05, 4.69) is 37.7 Å². The third kappa shape index (κ3) is 7.34. The van der Waals surface area contributed by atoms with Crippen molar-refractivity contribution in [3.63, 3.8) is 0 Å². The maximum atomic E-state index is 3.24. The molecule has 0 aliphatic rings. The normalized spacial score (nSPS) is 8.80. The molecule has 0 aliphatic carbocycles. The van der Waals surface area contributed by atoms with Crippen molar-refractivity contribution in [3.8, 4) is 0 Å². The van der Waals surface area contributed by atoms with Crippen molar-refractivity contribution < 1.29 is 9.98 Å². The molecule has 2 N–H and O–H groups in total. The Balaban J connectivity index is 3.39. The lowest BCUT2D eigenvalue weighted by Gasteiger charge is -1.81. The fourth-order valence-corrected chi connectivity index (χ4v) is 0.625. The van der Waals surface area contributed by atoms with Gasteiger partial charge in [0.2, 0.25) is 0 Å². The molecule has 0 bridgehead atoms. The van der Waals surface area contributed by atoms with Gasteiger partial charge >= 0.3 is 0 Å². The Bertz CT molecular complexity index is 119. The van der Waals surface area contributed by atoms with Crippen LogP contribution in [0.15, 0.2) is 0 Å². The summed E-state index contributed by atoms with van der Waals surface area (Å²) in [6.45, 7) is 10.3. The summed E-state index contributed by atoms with van der Waals surface area (Å²) >= 11 is 0. The monoisotopic (exact) mass is 142 g/mol. The van der Waals surface area contributed by atoms with Crippen molar-refractivity contribution >= 4 is 11.4 Å². The molecule has 0 rings (SSSR count). The highest BCUT2D eigenvalue weighted by molar-refractivity contribution is 5.73. The summed E-state index contributed by atoms with van der Waals surface area (Å²) in [6.07, 6.45) is 0. The molecule has 0 aliphatic heterocycles. The number of hydrogen-bond acceptors (Lipinski definition) is 0. The zero-order valence-electron chi connectivity index (χ0n) is 7.41. The molecule has 2 heteroatoms. The van der Waals surface area contributed by atoms with Crippen molar-refractivity contribution in [1.29, 1.82) is 0 Å². The molecule has 0 saturated carbocycles. The van der Waals surface area contributed by atoms with E-state index in [-0.39, 0.29) is 0 Å². The Morgan fingerprint density at radius 1 is 0.800 bits per heavy atom. The summed E-state index contributed by atoms with van der Waals surface area (Å²) in [6, 6.07) is 0. The molecule has 0 heterocycles. The van der Waals surface area contributed by atoms with Gasteiger partial charge in [-0.2, -0.15) is 0 Å². The minimum atomic E-state index is 1.01. The van der Waals surface area contributed by atoms with Gasteiger partial charge in [-0.05, 0) is 0 Å². The SMILES string of the molecule is CC(C)=[NH+]CC[NH+]=C(C)C. The predicted molar refractivity (Wildman–Crippen MR) is 44.4 cm³/mol. The van der Waals surface area contributed by atoms with Crippen LogP contribution < -0.4 is 9.98 Å². The smallest absolute Gasteiger partial charge is 0.198 e. The van der Waals surface area contributed by atoms with Crippen LogP contribution in [-0.4, -0.2) is 24.5 Å². The zero-order chi connectivity index (χ0) is 7.98. The van der Waals surface area contributed by atoms with E-state index in [0.29, 0.717) is 0 Å². The molecule has 0 aromatic heterocycles. The van der Waals surface area contributed by atoms with Crippen LogP contribution in [0.5, 0.6) is 0 Å². The van der Waals surface area contributed by atoms with E-state index in [0.717, 1.165) is 13.1 Å². The highest BCUT2D eigenvalue weighted by Gasteiger charge is 1.91. The Morgan fingerprint density at radius 2 is 1.10 bits per heavy atom. The Hall–Kier alpha value is -0.660. The van der Waals surface area contributed by atoms with Crippen LogP contribution in [0.1, 0.15) is 27.7 Å². The van der Waals surface area contributed by atoms with Crippen LogP contribution in [0, 0.1) is 0 Å². The second-order valence-corrected chi connectivity index (χ2v) is 2.85. The summed E-state index contributed by atoms with van der Waals surface area (Å²) in [5, 5.41) is 0. The average molecular weight is 142 g/mol. The number of hydrogen-bond donors (Lipinski definition) is 2. The lowest BCUT2D eigenvalue weighted by Crippen LogP contribution is -2.83. The van der Waals surface area contributed by atoms with Gasteiger partial charge in [-0.3, -0.25) is 0 Å². The molecular formula is C8H18N2+2. The van der Waals surface area contributed by atoms with Gasteiger partial charge in [0.25, 0.3) is 0 Å². The molecule has 0 radical (unpaired) electrons. The minimum absolute atomic E-state index is 1.01. The fraction of sp³-hybridized carbons (Fsp3) is 0.750. The topological polar surface area (TPSA) is 27.9 Å². The standard InChI is InChI=1S/C8H16N2/c1-7(2)9-5-6-10-8(3)4/h5-6H2,1-4H3/p+2. The molecule has 0 amide bonds. The molecule has 2 nitrogen and oxygen atoms in total. The molecule has 58 valence electrons. The van der Waals surface area contributed by atoms with Gasteiger partial charge in [-0.1, -0.05) is 0 Å².